The van der Waals surface area contributed by atoms with E-state index in [1.54, 1.807) is 0 Å². The van der Waals surface area contributed by atoms with Gasteiger partial charge in [-0.15, -0.1) is 0 Å². The number of allylic oxidation sites excluding steroid dienone is 1. The smallest absolute Gasteiger partial charge is 0.0930 e. The normalized spacial score (nSPS) is 20.2. The van der Waals surface area contributed by atoms with Gasteiger partial charge in [-0.3, -0.25) is 4.90 Å². The van der Waals surface area contributed by atoms with Gasteiger partial charge in [-0.25, -0.2) is 0 Å². The first-order valence-corrected chi connectivity index (χ1v) is 6.91. The van der Waals surface area contributed by atoms with Crippen molar-refractivity contribution in [3.05, 3.63) is 11.3 Å². The van der Waals surface area contributed by atoms with Gasteiger partial charge in [0.2, 0.25) is 0 Å². The topological polar surface area (TPSA) is 15.7 Å². The van der Waals surface area contributed by atoms with Gasteiger partial charge in [-0.1, -0.05) is 6.92 Å². The molecule has 0 spiro atoms. The van der Waals surface area contributed by atoms with Crippen LogP contribution in [0, 0.1) is 0 Å². The molecule has 0 aromatic heterocycles. The summed E-state index contributed by atoms with van der Waals surface area (Å²) in [4.78, 5) is 5.09. The van der Waals surface area contributed by atoms with Crippen LogP contribution in [0.4, 0.5) is 0 Å². The second-order valence-corrected chi connectivity index (χ2v) is 4.89. The third-order valence-electron chi connectivity index (χ3n) is 3.43. The van der Waals surface area contributed by atoms with E-state index in [9.17, 15) is 0 Å². The summed E-state index contributed by atoms with van der Waals surface area (Å²) in [5, 5.41) is 0. The highest BCUT2D eigenvalue weighted by molar-refractivity contribution is 5.05. The standard InChI is InChI=1S/C14H28N2O/c1-5-7-15-8-10-16(11-9-15)12-13(3)14(4)17-6-2/h5-12H2,1-4H3. The zero-order valence-electron chi connectivity index (χ0n) is 12.0. The Kier molecular flexibility index (Phi) is 6.60. The van der Waals surface area contributed by atoms with Crippen LogP contribution >= 0.6 is 0 Å². The fraction of sp³-hybridized carbons (Fsp3) is 0.857. The molecule has 1 rings (SSSR count). The minimum absolute atomic E-state index is 0.771. The molecular weight excluding hydrogens is 212 g/mol. The predicted molar refractivity (Wildman–Crippen MR) is 73.2 cm³/mol. The van der Waals surface area contributed by atoms with Crippen molar-refractivity contribution in [1.29, 1.82) is 0 Å². The van der Waals surface area contributed by atoms with E-state index in [1.165, 1.54) is 44.7 Å². The Morgan fingerprint density at radius 1 is 1.00 bits per heavy atom. The van der Waals surface area contributed by atoms with Gasteiger partial charge in [-0.2, -0.15) is 0 Å². The quantitative estimate of drug-likeness (QED) is 0.663. The van der Waals surface area contributed by atoms with Crippen LogP contribution in [-0.4, -0.2) is 55.7 Å². The number of rotatable bonds is 6. The van der Waals surface area contributed by atoms with E-state index in [0.29, 0.717) is 0 Å². The zero-order valence-corrected chi connectivity index (χ0v) is 12.0. The number of hydrogen-bond donors (Lipinski definition) is 0. The monoisotopic (exact) mass is 240 g/mol. The summed E-state index contributed by atoms with van der Waals surface area (Å²) in [7, 11) is 0. The van der Waals surface area contributed by atoms with Crippen LogP contribution in [0.2, 0.25) is 0 Å². The van der Waals surface area contributed by atoms with Crippen molar-refractivity contribution < 1.29 is 4.74 Å². The lowest BCUT2D eigenvalue weighted by atomic mass is 10.2. The lowest BCUT2D eigenvalue weighted by molar-refractivity contribution is 0.138. The van der Waals surface area contributed by atoms with Crippen molar-refractivity contribution in [1.82, 2.24) is 9.80 Å². The van der Waals surface area contributed by atoms with Crippen molar-refractivity contribution in [2.45, 2.75) is 34.1 Å². The highest BCUT2D eigenvalue weighted by Gasteiger charge is 2.16. The molecule has 1 aliphatic heterocycles. The fourth-order valence-electron chi connectivity index (χ4n) is 2.27. The van der Waals surface area contributed by atoms with Crippen LogP contribution in [-0.2, 0) is 4.74 Å². The average Bonchev–Trinajstić information content (AvgIpc) is 2.32. The van der Waals surface area contributed by atoms with Crippen LogP contribution < -0.4 is 0 Å². The molecule has 3 nitrogen and oxygen atoms in total. The fourth-order valence-corrected chi connectivity index (χ4v) is 2.27. The summed E-state index contributed by atoms with van der Waals surface area (Å²) in [6.45, 7) is 16.5. The summed E-state index contributed by atoms with van der Waals surface area (Å²) < 4.78 is 5.55. The molecule has 100 valence electrons. The Morgan fingerprint density at radius 2 is 1.59 bits per heavy atom. The van der Waals surface area contributed by atoms with E-state index in [2.05, 4.69) is 30.6 Å². The molecule has 0 unspecified atom stereocenters. The average molecular weight is 240 g/mol. The van der Waals surface area contributed by atoms with Gasteiger partial charge >= 0.3 is 0 Å². The summed E-state index contributed by atoms with van der Waals surface area (Å²) >= 11 is 0. The van der Waals surface area contributed by atoms with Crippen LogP contribution in [0.1, 0.15) is 34.1 Å². The van der Waals surface area contributed by atoms with Gasteiger partial charge in [0.15, 0.2) is 0 Å². The first kappa shape index (κ1) is 14.5. The molecule has 1 aliphatic rings. The molecule has 0 aliphatic carbocycles. The highest BCUT2D eigenvalue weighted by Crippen LogP contribution is 2.10. The molecule has 1 fully saturated rings. The molecule has 0 amide bonds. The van der Waals surface area contributed by atoms with E-state index in [-0.39, 0.29) is 0 Å². The minimum atomic E-state index is 0.771. The largest absolute Gasteiger partial charge is 0.499 e. The first-order chi connectivity index (χ1) is 8.17. The molecule has 17 heavy (non-hydrogen) atoms. The Labute approximate surface area is 106 Å². The molecule has 1 saturated heterocycles. The van der Waals surface area contributed by atoms with E-state index >= 15 is 0 Å². The van der Waals surface area contributed by atoms with Gasteiger partial charge in [0, 0.05) is 32.7 Å². The number of nitrogens with zero attached hydrogens (tertiary/aromatic N) is 2. The number of hydrogen-bond acceptors (Lipinski definition) is 3. The Morgan fingerprint density at radius 3 is 2.12 bits per heavy atom. The van der Waals surface area contributed by atoms with E-state index in [0.717, 1.165) is 18.9 Å². The summed E-state index contributed by atoms with van der Waals surface area (Å²) in [5.41, 5.74) is 1.37. The van der Waals surface area contributed by atoms with Crippen molar-refractivity contribution >= 4 is 0 Å². The molecule has 0 aromatic rings. The molecule has 0 bridgehead atoms. The molecule has 3 heteroatoms. The Balaban J connectivity index is 2.32. The Hall–Kier alpha value is -0.540. The highest BCUT2D eigenvalue weighted by atomic mass is 16.5. The van der Waals surface area contributed by atoms with Crippen molar-refractivity contribution in [2.24, 2.45) is 0 Å². The van der Waals surface area contributed by atoms with Gasteiger partial charge in [0.25, 0.3) is 0 Å². The second kappa shape index (κ2) is 7.72. The van der Waals surface area contributed by atoms with Crippen LogP contribution in [0.5, 0.6) is 0 Å². The van der Waals surface area contributed by atoms with Crippen LogP contribution in [0.15, 0.2) is 11.3 Å². The van der Waals surface area contributed by atoms with Crippen LogP contribution in [0.3, 0.4) is 0 Å². The predicted octanol–water partition coefficient (Wildman–Crippen LogP) is 2.34. The van der Waals surface area contributed by atoms with Gasteiger partial charge in [-0.05, 0) is 39.3 Å². The molecule has 0 aromatic carbocycles. The summed E-state index contributed by atoms with van der Waals surface area (Å²) in [5.74, 6) is 1.10. The SMILES string of the molecule is CCCN1CCN(CC(C)=C(C)OCC)CC1. The lowest BCUT2D eigenvalue weighted by Gasteiger charge is -2.34. The molecule has 0 N–H and O–H groups in total. The third kappa shape index (κ3) is 5.09. The van der Waals surface area contributed by atoms with Crippen LogP contribution in [0.25, 0.3) is 0 Å². The lowest BCUT2D eigenvalue weighted by Crippen LogP contribution is -2.46. The van der Waals surface area contributed by atoms with E-state index < -0.39 is 0 Å². The maximum atomic E-state index is 5.55. The Bertz CT molecular complexity index is 243. The van der Waals surface area contributed by atoms with Crippen molar-refractivity contribution in [2.75, 3.05) is 45.9 Å². The molecular formula is C14H28N2O. The van der Waals surface area contributed by atoms with Crippen molar-refractivity contribution in [3.8, 4) is 0 Å². The maximum Gasteiger partial charge on any atom is 0.0930 e. The summed E-state index contributed by atoms with van der Waals surface area (Å²) in [6.07, 6.45) is 1.27. The van der Waals surface area contributed by atoms with Gasteiger partial charge < -0.3 is 9.64 Å². The molecule has 0 atom stereocenters. The summed E-state index contributed by atoms with van der Waals surface area (Å²) in [6, 6.07) is 0. The third-order valence-corrected chi connectivity index (χ3v) is 3.43. The molecule has 0 radical (unpaired) electrons. The number of ether oxygens (including phenoxy) is 1. The van der Waals surface area contributed by atoms with E-state index in [1.807, 2.05) is 6.92 Å². The van der Waals surface area contributed by atoms with E-state index in [4.69, 9.17) is 4.74 Å². The maximum absolute atomic E-state index is 5.55. The molecule has 1 heterocycles. The molecule has 0 saturated carbocycles. The van der Waals surface area contributed by atoms with Gasteiger partial charge in [0.1, 0.15) is 0 Å². The van der Waals surface area contributed by atoms with Gasteiger partial charge in [0.05, 0.1) is 12.4 Å². The number of piperazine rings is 1. The van der Waals surface area contributed by atoms with Crippen molar-refractivity contribution in [3.63, 3.8) is 0 Å². The zero-order chi connectivity index (χ0) is 12.7. The second-order valence-electron chi connectivity index (χ2n) is 4.89. The minimum Gasteiger partial charge on any atom is -0.499 e. The first-order valence-electron chi connectivity index (χ1n) is 6.91.